The number of rotatable bonds is 7. The van der Waals surface area contributed by atoms with Gasteiger partial charge in [0.2, 0.25) is 0 Å². The van der Waals surface area contributed by atoms with Crippen LogP contribution in [-0.2, 0) is 9.53 Å². The molecule has 0 heterocycles. The van der Waals surface area contributed by atoms with Crippen molar-refractivity contribution < 1.29 is 14.3 Å². The smallest absolute Gasteiger partial charge is 0.308 e. The van der Waals surface area contributed by atoms with Gasteiger partial charge in [0.15, 0.2) is 0 Å². The molecular weight excluding hydrogens is 252 g/mol. The average molecular weight is 278 g/mol. The first-order chi connectivity index (χ1) is 9.45. The van der Waals surface area contributed by atoms with E-state index in [1.165, 1.54) is 5.56 Å². The third-order valence-electron chi connectivity index (χ3n) is 3.32. The third-order valence-corrected chi connectivity index (χ3v) is 3.32. The van der Waals surface area contributed by atoms with Crippen molar-refractivity contribution in [3.05, 3.63) is 29.8 Å². The highest BCUT2D eigenvalue weighted by Crippen LogP contribution is 2.28. The van der Waals surface area contributed by atoms with Crippen molar-refractivity contribution in [3.8, 4) is 5.75 Å². The lowest BCUT2D eigenvalue weighted by molar-refractivity contribution is -0.153. The summed E-state index contributed by atoms with van der Waals surface area (Å²) in [5, 5.41) is 0. The molecule has 0 fully saturated rings. The van der Waals surface area contributed by atoms with Gasteiger partial charge in [0, 0.05) is 0 Å². The Morgan fingerprint density at radius 1 is 1.15 bits per heavy atom. The van der Waals surface area contributed by atoms with E-state index in [-0.39, 0.29) is 18.0 Å². The molecule has 2 atom stereocenters. The Balaban J connectivity index is 2.59. The van der Waals surface area contributed by atoms with Crippen molar-refractivity contribution in [2.45, 2.75) is 53.1 Å². The van der Waals surface area contributed by atoms with Gasteiger partial charge in [0.05, 0.1) is 5.92 Å². The van der Waals surface area contributed by atoms with Crippen LogP contribution in [-0.4, -0.2) is 18.7 Å². The zero-order chi connectivity index (χ0) is 15.1. The van der Waals surface area contributed by atoms with Crippen LogP contribution < -0.4 is 4.74 Å². The number of carbonyl (C=O) groups is 1. The number of hydrogen-bond acceptors (Lipinski definition) is 3. The molecule has 0 N–H and O–H groups in total. The molecule has 20 heavy (non-hydrogen) atoms. The normalized spacial score (nSPS) is 13.9. The van der Waals surface area contributed by atoms with Gasteiger partial charge in [0.1, 0.15) is 18.5 Å². The Bertz CT molecular complexity index is 426. The van der Waals surface area contributed by atoms with Gasteiger partial charge >= 0.3 is 5.97 Å². The van der Waals surface area contributed by atoms with Gasteiger partial charge < -0.3 is 9.47 Å². The van der Waals surface area contributed by atoms with Crippen molar-refractivity contribution in [2.24, 2.45) is 5.92 Å². The van der Waals surface area contributed by atoms with Gasteiger partial charge in [-0.1, -0.05) is 45.9 Å². The third kappa shape index (κ3) is 4.87. The molecule has 0 radical (unpaired) electrons. The van der Waals surface area contributed by atoms with Crippen molar-refractivity contribution in [3.63, 3.8) is 0 Å². The predicted molar refractivity (Wildman–Crippen MR) is 81.0 cm³/mol. The van der Waals surface area contributed by atoms with Gasteiger partial charge in [0.25, 0.3) is 0 Å². The van der Waals surface area contributed by atoms with Gasteiger partial charge in [-0.05, 0) is 30.9 Å². The lowest BCUT2D eigenvalue weighted by Gasteiger charge is -2.19. The molecule has 0 aliphatic heterocycles. The van der Waals surface area contributed by atoms with E-state index >= 15 is 0 Å². The SMILES string of the molecule is CCC(C)c1ccccc1OCC(C)OC(=O)C(C)C. The molecule has 0 saturated heterocycles. The van der Waals surface area contributed by atoms with E-state index in [2.05, 4.69) is 19.9 Å². The van der Waals surface area contributed by atoms with Crippen LogP contribution in [0.25, 0.3) is 0 Å². The summed E-state index contributed by atoms with van der Waals surface area (Å²) in [6, 6.07) is 8.05. The van der Waals surface area contributed by atoms with E-state index in [4.69, 9.17) is 9.47 Å². The molecule has 0 saturated carbocycles. The molecule has 0 aliphatic carbocycles. The molecular formula is C17H26O3. The second kappa shape index (κ2) is 7.93. The van der Waals surface area contributed by atoms with E-state index in [0.29, 0.717) is 12.5 Å². The molecule has 0 aromatic heterocycles. The van der Waals surface area contributed by atoms with E-state index in [0.717, 1.165) is 12.2 Å². The molecule has 3 heteroatoms. The molecule has 1 aromatic rings. The minimum atomic E-state index is -0.241. The highest BCUT2D eigenvalue weighted by atomic mass is 16.6. The van der Waals surface area contributed by atoms with E-state index in [1.54, 1.807) is 0 Å². The quantitative estimate of drug-likeness (QED) is 0.702. The van der Waals surface area contributed by atoms with Crippen LogP contribution >= 0.6 is 0 Å². The summed E-state index contributed by atoms with van der Waals surface area (Å²) in [4.78, 5) is 11.5. The number of carbonyl (C=O) groups excluding carboxylic acids is 1. The maximum absolute atomic E-state index is 11.5. The van der Waals surface area contributed by atoms with E-state index < -0.39 is 0 Å². The molecule has 0 spiro atoms. The fraction of sp³-hybridized carbons (Fsp3) is 0.588. The second-order valence-corrected chi connectivity index (χ2v) is 5.56. The summed E-state index contributed by atoms with van der Waals surface area (Å²) in [5.41, 5.74) is 1.21. The highest BCUT2D eigenvalue weighted by Gasteiger charge is 2.15. The predicted octanol–water partition coefficient (Wildman–Crippen LogP) is 4.17. The maximum Gasteiger partial charge on any atom is 0.308 e. The van der Waals surface area contributed by atoms with Crippen LogP contribution in [0.1, 0.15) is 52.5 Å². The Morgan fingerprint density at radius 3 is 2.40 bits per heavy atom. The van der Waals surface area contributed by atoms with Gasteiger partial charge in [-0.2, -0.15) is 0 Å². The molecule has 112 valence electrons. The van der Waals surface area contributed by atoms with Crippen LogP contribution in [0.15, 0.2) is 24.3 Å². The van der Waals surface area contributed by atoms with E-state index in [1.807, 2.05) is 39.0 Å². The molecule has 0 bridgehead atoms. The number of para-hydroxylation sites is 1. The lowest BCUT2D eigenvalue weighted by atomic mass is 9.98. The Kier molecular flexibility index (Phi) is 6.56. The van der Waals surface area contributed by atoms with Crippen LogP contribution in [0, 0.1) is 5.92 Å². The van der Waals surface area contributed by atoms with Crippen LogP contribution in [0.4, 0.5) is 0 Å². The number of hydrogen-bond donors (Lipinski definition) is 0. The first kappa shape index (κ1) is 16.5. The Labute approximate surface area is 122 Å². The summed E-state index contributed by atoms with van der Waals surface area (Å²) in [5.74, 6) is 1.05. The zero-order valence-corrected chi connectivity index (χ0v) is 13.2. The average Bonchev–Trinajstić information content (AvgIpc) is 2.44. The monoisotopic (exact) mass is 278 g/mol. The molecule has 3 nitrogen and oxygen atoms in total. The van der Waals surface area contributed by atoms with Crippen LogP contribution in [0.3, 0.4) is 0 Å². The first-order valence-electron chi connectivity index (χ1n) is 7.37. The number of esters is 1. The Hall–Kier alpha value is -1.51. The summed E-state index contributed by atoms with van der Waals surface area (Å²) in [7, 11) is 0. The Morgan fingerprint density at radius 2 is 1.80 bits per heavy atom. The van der Waals surface area contributed by atoms with Crippen molar-refractivity contribution >= 4 is 5.97 Å². The fourth-order valence-electron chi connectivity index (χ4n) is 1.81. The summed E-state index contributed by atoms with van der Waals surface area (Å²) in [6.45, 7) is 10.2. The molecule has 2 unspecified atom stereocenters. The zero-order valence-electron chi connectivity index (χ0n) is 13.2. The van der Waals surface area contributed by atoms with Crippen molar-refractivity contribution in [2.75, 3.05) is 6.61 Å². The standard InChI is InChI=1S/C17H26O3/c1-6-13(4)15-9-7-8-10-16(15)19-11-14(5)20-17(18)12(2)3/h7-10,12-14H,6,11H2,1-5H3. The maximum atomic E-state index is 11.5. The number of benzene rings is 1. The summed E-state index contributed by atoms with van der Waals surface area (Å²) < 4.78 is 11.1. The lowest BCUT2D eigenvalue weighted by Crippen LogP contribution is -2.24. The molecule has 0 aliphatic rings. The van der Waals surface area contributed by atoms with E-state index in [9.17, 15) is 4.79 Å². The molecule has 1 aromatic carbocycles. The van der Waals surface area contributed by atoms with Gasteiger partial charge in [-0.25, -0.2) is 0 Å². The first-order valence-corrected chi connectivity index (χ1v) is 7.37. The second-order valence-electron chi connectivity index (χ2n) is 5.56. The molecule has 0 amide bonds. The summed E-state index contributed by atoms with van der Waals surface area (Å²) in [6.07, 6.45) is 0.827. The van der Waals surface area contributed by atoms with Crippen LogP contribution in [0.5, 0.6) is 5.75 Å². The largest absolute Gasteiger partial charge is 0.489 e. The minimum absolute atomic E-state index is 0.107. The highest BCUT2D eigenvalue weighted by molar-refractivity contribution is 5.71. The fourth-order valence-corrected chi connectivity index (χ4v) is 1.81. The van der Waals surface area contributed by atoms with Crippen molar-refractivity contribution in [1.29, 1.82) is 0 Å². The summed E-state index contributed by atoms with van der Waals surface area (Å²) >= 11 is 0. The van der Waals surface area contributed by atoms with Crippen LogP contribution in [0.2, 0.25) is 0 Å². The van der Waals surface area contributed by atoms with Gasteiger partial charge in [-0.15, -0.1) is 0 Å². The topological polar surface area (TPSA) is 35.5 Å². The number of ether oxygens (including phenoxy) is 2. The molecule has 1 rings (SSSR count). The van der Waals surface area contributed by atoms with Crippen molar-refractivity contribution in [1.82, 2.24) is 0 Å². The minimum Gasteiger partial charge on any atom is -0.489 e. The van der Waals surface area contributed by atoms with Gasteiger partial charge in [-0.3, -0.25) is 4.79 Å².